The molecule has 1 amide bonds. The monoisotopic (exact) mass is 429 g/mol. The maximum Gasteiger partial charge on any atom is 0.309 e. The molecule has 4 aliphatic rings. The largest absolute Gasteiger partial charge is 0.469 e. The summed E-state index contributed by atoms with van der Waals surface area (Å²) < 4.78 is 12.1. The number of esters is 1. The molecule has 0 N–H and O–H groups in total. The van der Waals surface area contributed by atoms with Crippen LogP contribution in [0.4, 0.5) is 0 Å². The SMILES string of the molecule is CCOCC(=O)N1C[C@@H]2C[C@H](C1)c1ccc(CN3C[C@@H]4C(C(=O)OC)[C@@H]4C3)c(=O)n1C2. The Balaban J connectivity index is 1.26. The van der Waals surface area contributed by atoms with Gasteiger partial charge in [-0.15, -0.1) is 0 Å². The minimum atomic E-state index is -0.0937. The van der Waals surface area contributed by atoms with Crippen LogP contribution in [-0.2, 0) is 32.2 Å². The van der Waals surface area contributed by atoms with Gasteiger partial charge in [-0.25, -0.2) is 0 Å². The average Bonchev–Trinajstić information content (AvgIpc) is 3.28. The third-order valence-electron chi connectivity index (χ3n) is 7.60. The minimum Gasteiger partial charge on any atom is -0.469 e. The Morgan fingerprint density at radius 3 is 2.58 bits per heavy atom. The number of aromatic nitrogens is 1. The molecule has 3 aliphatic heterocycles. The van der Waals surface area contributed by atoms with Gasteiger partial charge in [0.2, 0.25) is 5.91 Å². The summed E-state index contributed by atoms with van der Waals surface area (Å²) in [6, 6.07) is 4.05. The summed E-state index contributed by atoms with van der Waals surface area (Å²) in [7, 11) is 1.45. The Morgan fingerprint density at radius 2 is 1.87 bits per heavy atom. The maximum atomic E-state index is 13.3. The second-order valence-corrected chi connectivity index (χ2v) is 9.50. The third kappa shape index (κ3) is 3.69. The van der Waals surface area contributed by atoms with Crippen molar-refractivity contribution >= 4 is 11.9 Å². The van der Waals surface area contributed by atoms with E-state index in [1.807, 2.05) is 22.5 Å². The summed E-state index contributed by atoms with van der Waals surface area (Å²) in [5, 5.41) is 0. The van der Waals surface area contributed by atoms with Crippen molar-refractivity contribution in [2.45, 2.75) is 32.4 Å². The first-order valence-corrected chi connectivity index (χ1v) is 11.4. The van der Waals surface area contributed by atoms with Crippen LogP contribution in [0.1, 0.15) is 30.5 Å². The van der Waals surface area contributed by atoms with Crippen molar-refractivity contribution in [3.05, 3.63) is 33.7 Å². The number of hydrogen-bond donors (Lipinski definition) is 0. The zero-order valence-corrected chi connectivity index (χ0v) is 18.3. The highest BCUT2D eigenvalue weighted by Gasteiger charge is 2.60. The zero-order valence-electron chi connectivity index (χ0n) is 18.3. The van der Waals surface area contributed by atoms with Crippen LogP contribution in [0.2, 0.25) is 0 Å². The van der Waals surface area contributed by atoms with Gasteiger partial charge in [0.1, 0.15) is 6.61 Å². The quantitative estimate of drug-likeness (QED) is 0.619. The number of hydrogen-bond acceptors (Lipinski definition) is 6. The molecule has 2 bridgehead atoms. The van der Waals surface area contributed by atoms with Crippen molar-refractivity contribution in [1.82, 2.24) is 14.4 Å². The standard InChI is InChI=1S/C23H31N3O5/c1-3-31-13-20(27)25-7-14-6-16(10-25)19-5-4-15(22(28)26(19)8-14)9-24-11-17-18(12-24)21(17)23(29)30-2/h4-5,14,16-18,21H,3,6-13H2,1-2H3/t14-,16+,17-,18+,21?/m0/s1. The lowest BCUT2D eigenvalue weighted by molar-refractivity contribution is -0.143. The van der Waals surface area contributed by atoms with Crippen LogP contribution >= 0.6 is 0 Å². The van der Waals surface area contributed by atoms with Gasteiger partial charge in [-0.1, -0.05) is 6.07 Å². The molecule has 0 spiro atoms. The van der Waals surface area contributed by atoms with Crippen LogP contribution in [0, 0.1) is 23.7 Å². The molecule has 2 saturated heterocycles. The molecule has 1 saturated carbocycles. The molecule has 1 unspecified atom stereocenters. The number of pyridine rings is 1. The first-order chi connectivity index (χ1) is 15.0. The second kappa shape index (κ2) is 8.06. The first kappa shape index (κ1) is 20.7. The fraction of sp³-hybridized carbons (Fsp3) is 0.696. The molecular weight excluding hydrogens is 398 g/mol. The number of amides is 1. The third-order valence-corrected chi connectivity index (χ3v) is 7.60. The van der Waals surface area contributed by atoms with Gasteiger partial charge < -0.3 is 18.9 Å². The normalized spacial score (nSPS) is 31.2. The van der Waals surface area contributed by atoms with Gasteiger partial charge in [0, 0.05) is 63.1 Å². The number of carbonyl (C=O) groups is 2. The number of carbonyl (C=O) groups excluding carboxylic acids is 2. The molecule has 4 heterocycles. The molecule has 5 atom stereocenters. The fourth-order valence-corrected chi connectivity index (χ4v) is 6.07. The summed E-state index contributed by atoms with van der Waals surface area (Å²) in [5.41, 5.74) is 1.98. The average molecular weight is 430 g/mol. The van der Waals surface area contributed by atoms with E-state index in [9.17, 15) is 14.4 Å². The molecule has 0 radical (unpaired) electrons. The van der Waals surface area contributed by atoms with E-state index in [1.165, 1.54) is 7.11 Å². The lowest BCUT2D eigenvalue weighted by Gasteiger charge is -2.43. The van der Waals surface area contributed by atoms with E-state index in [1.54, 1.807) is 0 Å². The van der Waals surface area contributed by atoms with Crippen molar-refractivity contribution in [2.75, 3.05) is 46.5 Å². The van der Waals surface area contributed by atoms with Crippen molar-refractivity contribution < 1.29 is 19.1 Å². The molecule has 8 heteroatoms. The summed E-state index contributed by atoms with van der Waals surface area (Å²) in [5.74, 6) is 1.29. The molecule has 8 nitrogen and oxygen atoms in total. The van der Waals surface area contributed by atoms with Gasteiger partial charge in [0.15, 0.2) is 0 Å². The van der Waals surface area contributed by atoms with Gasteiger partial charge in [0.25, 0.3) is 5.56 Å². The van der Waals surface area contributed by atoms with Crippen molar-refractivity contribution in [3.8, 4) is 0 Å². The van der Waals surface area contributed by atoms with Gasteiger partial charge in [-0.3, -0.25) is 19.3 Å². The number of fused-ring (bicyclic) bond motifs is 5. The van der Waals surface area contributed by atoms with Crippen LogP contribution in [-0.4, -0.2) is 72.7 Å². The van der Waals surface area contributed by atoms with Gasteiger partial charge in [0.05, 0.1) is 13.0 Å². The number of ether oxygens (including phenoxy) is 2. The van der Waals surface area contributed by atoms with E-state index in [-0.39, 0.29) is 35.9 Å². The fourth-order valence-electron chi connectivity index (χ4n) is 6.07. The Bertz CT molecular complexity index is 932. The van der Waals surface area contributed by atoms with E-state index in [4.69, 9.17) is 9.47 Å². The predicted octanol–water partition coefficient (Wildman–Crippen LogP) is 0.681. The topological polar surface area (TPSA) is 81.1 Å². The highest BCUT2D eigenvalue weighted by molar-refractivity contribution is 5.77. The molecule has 168 valence electrons. The zero-order chi connectivity index (χ0) is 21.7. The summed E-state index contributed by atoms with van der Waals surface area (Å²) in [4.78, 5) is 41.6. The minimum absolute atomic E-state index is 0.0434. The number of methoxy groups -OCH3 is 1. The van der Waals surface area contributed by atoms with E-state index in [2.05, 4.69) is 11.0 Å². The van der Waals surface area contributed by atoms with Crippen LogP contribution < -0.4 is 5.56 Å². The van der Waals surface area contributed by atoms with Gasteiger partial charge in [-0.2, -0.15) is 0 Å². The van der Waals surface area contributed by atoms with E-state index < -0.39 is 0 Å². The van der Waals surface area contributed by atoms with Crippen molar-refractivity contribution in [1.29, 1.82) is 0 Å². The maximum absolute atomic E-state index is 13.3. The molecule has 1 aromatic rings. The van der Waals surface area contributed by atoms with Crippen LogP contribution in [0.15, 0.2) is 16.9 Å². The lowest BCUT2D eigenvalue weighted by Crippen LogP contribution is -2.50. The van der Waals surface area contributed by atoms with Crippen LogP contribution in [0.25, 0.3) is 0 Å². The highest BCUT2D eigenvalue weighted by atomic mass is 16.5. The number of likely N-dealkylation sites (tertiary alicyclic amines) is 2. The van der Waals surface area contributed by atoms with Gasteiger partial charge >= 0.3 is 5.97 Å². The Labute approximate surface area is 182 Å². The second-order valence-electron chi connectivity index (χ2n) is 9.50. The Kier molecular flexibility index (Phi) is 5.38. The molecule has 1 aromatic heterocycles. The van der Waals surface area contributed by atoms with Gasteiger partial charge in [-0.05, 0) is 37.2 Å². The Hall–Kier alpha value is -2.19. The number of piperidine rings is 2. The molecule has 31 heavy (non-hydrogen) atoms. The van der Waals surface area contributed by atoms with Crippen LogP contribution in [0.3, 0.4) is 0 Å². The number of rotatable bonds is 6. The summed E-state index contributed by atoms with van der Waals surface area (Å²) >= 11 is 0. The smallest absolute Gasteiger partial charge is 0.309 e. The molecule has 1 aliphatic carbocycles. The summed E-state index contributed by atoms with van der Waals surface area (Å²) in [6.07, 6.45) is 1.03. The van der Waals surface area contributed by atoms with E-state index >= 15 is 0 Å². The first-order valence-electron chi connectivity index (χ1n) is 11.4. The number of nitrogens with zero attached hydrogens (tertiary/aromatic N) is 3. The predicted molar refractivity (Wildman–Crippen MR) is 112 cm³/mol. The van der Waals surface area contributed by atoms with Crippen LogP contribution in [0.5, 0.6) is 0 Å². The molecule has 5 rings (SSSR count). The summed E-state index contributed by atoms with van der Waals surface area (Å²) in [6.45, 7) is 6.93. The molecular formula is C23H31N3O5. The lowest BCUT2D eigenvalue weighted by atomic mass is 9.83. The van der Waals surface area contributed by atoms with E-state index in [0.717, 1.165) is 30.8 Å². The molecule has 0 aromatic carbocycles. The van der Waals surface area contributed by atoms with Crippen molar-refractivity contribution in [3.63, 3.8) is 0 Å². The molecule has 3 fully saturated rings. The Morgan fingerprint density at radius 1 is 1.10 bits per heavy atom. The highest BCUT2D eigenvalue weighted by Crippen LogP contribution is 2.52. The van der Waals surface area contributed by atoms with Crippen molar-refractivity contribution in [2.24, 2.45) is 23.7 Å². The van der Waals surface area contributed by atoms with E-state index in [0.29, 0.717) is 50.5 Å².